The third kappa shape index (κ3) is 4.44. The minimum atomic E-state index is -0.165. The third-order valence-corrected chi connectivity index (χ3v) is 4.12. The molecular formula is C13H17Cl2N3O2S. The number of nitrogens with two attached hydrogens (primary N) is 1. The van der Waals surface area contributed by atoms with Crippen molar-refractivity contribution in [1.82, 2.24) is 10.3 Å². The predicted octanol–water partition coefficient (Wildman–Crippen LogP) is 2.71. The van der Waals surface area contributed by atoms with Crippen molar-refractivity contribution in [2.45, 2.75) is 18.9 Å². The standard InChI is InChI=1S/C13H15N3O2S.2ClH/c14-10(8-1-2-8)5-15-12(17)11-7-19-13(16-11)9-3-4-18-6-9;;/h3-4,6-8,10H,1-2,5,14H2,(H,15,17);2*1H. The summed E-state index contributed by atoms with van der Waals surface area (Å²) >= 11 is 1.43. The van der Waals surface area contributed by atoms with Gasteiger partial charge < -0.3 is 15.5 Å². The zero-order valence-electron chi connectivity index (χ0n) is 11.2. The number of hydrogen-bond acceptors (Lipinski definition) is 5. The average molecular weight is 350 g/mol. The number of furan rings is 1. The first-order chi connectivity index (χ1) is 9.24. The van der Waals surface area contributed by atoms with Crippen LogP contribution < -0.4 is 11.1 Å². The van der Waals surface area contributed by atoms with Crippen LogP contribution in [-0.2, 0) is 0 Å². The van der Waals surface area contributed by atoms with E-state index in [-0.39, 0.29) is 36.8 Å². The van der Waals surface area contributed by atoms with Gasteiger partial charge in [-0.2, -0.15) is 0 Å². The minimum Gasteiger partial charge on any atom is -0.472 e. The fraction of sp³-hybridized carbons (Fsp3) is 0.385. The van der Waals surface area contributed by atoms with Crippen LogP contribution in [0.15, 0.2) is 28.4 Å². The molecule has 1 aliphatic rings. The fourth-order valence-electron chi connectivity index (χ4n) is 1.89. The van der Waals surface area contributed by atoms with Gasteiger partial charge in [-0.15, -0.1) is 36.2 Å². The number of halogens is 2. The van der Waals surface area contributed by atoms with Crippen molar-refractivity contribution >= 4 is 42.1 Å². The largest absolute Gasteiger partial charge is 0.472 e. The summed E-state index contributed by atoms with van der Waals surface area (Å²) in [5.74, 6) is 0.416. The molecule has 1 fully saturated rings. The molecule has 1 amide bonds. The molecule has 0 bridgehead atoms. The number of thiazole rings is 1. The first kappa shape index (κ1) is 18.0. The highest BCUT2D eigenvalue weighted by molar-refractivity contribution is 7.13. The number of nitrogens with one attached hydrogen (secondary N) is 1. The van der Waals surface area contributed by atoms with E-state index in [4.69, 9.17) is 10.2 Å². The molecule has 116 valence electrons. The maximum Gasteiger partial charge on any atom is 0.270 e. The first-order valence-electron chi connectivity index (χ1n) is 6.26. The maximum atomic E-state index is 11.9. The molecule has 0 spiro atoms. The van der Waals surface area contributed by atoms with Crippen LogP contribution in [0.25, 0.3) is 10.6 Å². The van der Waals surface area contributed by atoms with Gasteiger partial charge in [0.2, 0.25) is 0 Å². The second kappa shape index (κ2) is 7.79. The lowest BCUT2D eigenvalue weighted by atomic mass is 10.2. The molecule has 2 heterocycles. The molecule has 0 radical (unpaired) electrons. The van der Waals surface area contributed by atoms with E-state index in [1.807, 2.05) is 6.07 Å². The van der Waals surface area contributed by atoms with Crippen LogP contribution in [0.2, 0.25) is 0 Å². The Morgan fingerprint density at radius 2 is 2.29 bits per heavy atom. The molecule has 1 unspecified atom stereocenters. The molecule has 3 N–H and O–H groups in total. The van der Waals surface area contributed by atoms with E-state index in [2.05, 4.69) is 10.3 Å². The number of carbonyl (C=O) groups is 1. The zero-order chi connectivity index (χ0) is 13.2. The van der Waals surface area contributed by atoms with Crippen molar-refractivity contribution in [2.24, 2.45) is 11.7 Å². The number of hydrogen-bond donors (Lipinski definition) is 2. The molecule has 1 atom stereocenters. The first-order valence-corrected chi connectivity index (χ1v) is 7.14. The van der Waals surface area contributed by atoms with Gasteiger partial charge in [0.15, 0.2) is 0 Å². The Kier molecular flexibility index (Phi) is 6.67. The van der Waals surface area contributed by atoms with E-state index in [9.17, 15) is 4.79 Å². The molecule has 2 aromatic rings. The van der Waals surface area contributed by atoms with Crippen LogP contribution in [0, 0.1) is 5.92 Å². The molecule has 1 aliphatic carbocycles. The van der Waals surface area contributed by atoms with Gasteiger partial charge in [0.1, 0.15) is 17.0 Å². The van der Waals surface area contributed by atoms with Gasteiger partial charge in [0.25, 0.3) is 5.91 Å². The maximum absolute atomic E-state index is 11.9. The Balaban J connectivity index is 0.00000110. The fourth-order valence-corrected chi connectivity index (χ4v) is 2.68. The number of aromatic nitrogens is 1. The highest BCUT2D eigenvalue weighted by Crippen LogP contribution is 2.31. The van der Waals surface area contributed by atoms with Gasteiger partial charge in [-0.3, -0.25) is 4.79 Å². The van der Waals surface area contributed by atoms with E-state index in [0.717, 1.165) is 10.6 Å². The Morgan fingerprint density at radius 3 is 2.90 bits per heavy atom. The second-order valence-corrected chi connectivity index (χ2v) is 5.62. The van der Waals surface area contributed by atoms with Gasteiger partial charge in [-0.1, -0.05) is 0 Å². The highest BCUT2D eigenvalue weighted by atomic mass is 35.5. The summed E-state index contributed by atoms with van der Waals surface area (Å²) in [6.45, 7) is 0.516. The molecule has 2 aromatic heterocycles. The van der Waals surface area contributed by atoms with Gasteiger partial charge >= 0.3 is 0 Å². The van der Waals surface area contributed by atoms with Crippen LogP contribution >= 0.6 is 36.2 Å². The lowest BCUT2D eigenvalue weighted by Gasteiger charge is -2.10. The van der Waals surface area contributed by atoms with E-state index < -0.39 is 0 Å². The summed E-state index contributed by atoms with van der Waals surface area (Å²) in [5.41, 5.74) is 7.26. The molecule has 5 nitrogen and oxygen atoms in total. The Labute approximate surface area is 139 Å². The summed E-state index contributed by atoms with van der Waals surface area (Å²) in [7, 11) is 0. The Bertz CT molecular complexity index is 570. The van der Waals surface area contributed by atoms with E-state index in [0.29, 0.717) is 18.2 Å². The minimum absolute atomic E-state index is 0. The topological polar surface area (TPSA) is 81.1 Å². The summed E-state index contributed by atoms with van der Waals surface area (Å²) in [6, 6.07) is 1.89. The van der Waals surface area contributed by atoms with Crippen molar-refractivity contribution in [3.63, 3.8) is 0 Å². The normalized spacial score (nSPS) is 14.7. The summed E-state index contributed by atoms with van der Waals surface area (Å²) < 4.78 is 5.00. The van der Waals surface area contributed by atoms with Crippen LogP contribution in [0.3, 0.4) is 0 Å². The summed E-state index contributed by atoms with van der Waals surface area (Å²) in [6.07, 6.45) is 5.56. The van der Waals surface area contributed by atoms with Crippen LogP contribution in [-0.4, -0.2) is 23.5 Å². The Hall–Kier alpha value is -1.08. The lowest BCUT2D eigenvalue weighted by molar-refractivity contribution is 0.0946. The van der Waals surface area contributed by atoms with Crippen molar-refractivity contribution in [1.29, 1.82) is 0 Å². The van der Waals surface area contributed by atoms with E-state index in [1.165, 1.54) is 24.2 Å². The average Bonchev–Trinajstić information content (AvgIpc) is 2.94. The summed E-state index contributed by atoms with van der Waals surface area (Å²) in [5, 5.41) is 5.37. The van der Waals surface area contributed by atoms with Crippen molar-refractivity contribution < 1.29 is 9.21 Å². The van der Waals surface area contributed by atoms with Crippen LogP contribution in [0.4, 0.5) is 0 Å². The molecule has 0 aromatic carbocycles. The van der Waals surface area contributed by atoms with E-state index >= 15 is 0 Å². The number of amides is 1. The molecule has 1 saturated carbocycles. The van der Waals surface area contributed by atoms with Crippen molar-refractivity contribution in [3.8, 4) is 10.6 Å². The highest BCUT2D eigenvalue weighted by Gasteiger charge is 2.28. The SMILES string of the molecule is Cl.Cl.NC(CNC(=O)c1csc(-c2ccoc2)n1)C1CC1. The summed E-state index contributed by atoms with van der Waals surface area (Å²) in [4.78, 5) is 16.2. The third-order valence-electron chi connectivity index (χ3n) is 3.23. The van der Waals surface area contributed by atoms with Gasteiger partial charge in [0, 0.05) is 23.5 Å². The predicted molar refractivity (Wildman–Crippen MR) is 87.3 cm³/mol. The molecular weight excluding hydrogens is 333 g/mol. The van der Waals surface area contributed by atoms with Crippen LogP contribution in [0.5, 0.6) is 0 Å². The smallest absolute Gasteiger partial charge is 0.270 e. The van der Waals surface area contributed by atoms with E-state index in [1.54, 1.807) is 17.9 Å². The second-order valence-electron chi connectivity index (χ2n) is 4.76. The molecule has 3 rings (SSSR count). The molecule has 0 aliphatic heterocycles. The Morgan fingerprint density at radius 1 is 1.52 bits per heavy atom. The number of nitrogens with zero attached hydrogens (tertiary/aromatic N) is 1. The molecule has 21 heavy (non-hydrogen) atoms. The molecule has 8 heteroatoms. The number of carbonyl (C=O) groups excluding carboxylic acids is 1. The quantitative estimate of drug-likeness (QED) is 0.869. The van der Waals surface area contributed by atoms with Crippen molar-refractivity contribution in [3.05, 3.63) is 29.7 Å². The van der Waals surface area contributed by atoms with Crippen molar-refractivity contribution in [2.75, 3.05) is 6.54 Å². The van der Waals surface area contributed by atoms with Gasteiger partial charge in [-0.25, -0.2) is 4.98 Å². The lowest BCUT2D eigenvalue weighted by Crippen LogP contribution is -2.38. The van der Waals surface area contributed by atoms with Gasteiger partial charge in [-0.05, 0) is 24.8 Å². The number of rotatable bonds is 5. The molecule has 0 saturated heterocycles. The zero-order valence-corrected chi connectivity index (χ0v) is 13.6. The van der Waals surface area contributed by atoms with Crippen LogP contribution in [0.1, 0.15) is 23.3 Å². The monoisotopic (exact) mass is 349 g/mol. The van der Waals surface area contributed by atoms with Gasteiger partial charge in [0.05, 0.1) is 6.26 Å².